The van der Waals surface area contributed by atoms with Gasteiger partial charge in [0.05, 0.1) is 6.10 Å². The van der Waals surface area contributed by atoms with Crippen LogP contribution in [0.15, 0.2) is 34.9 Å². The third-order valence-electron chi connectivity index (χ3n) is 9.35. The van der Waals surface area contributed by atoms with Gasteiger partial charge < -0.3 is 5.11 Å². The standard InChI is InChI=1S/C27H42O/c1-18(2)7-6-8-19(3)23-11-12-24-22-10-9-20-17-21(28)13-15-26(20,4)25(22)14-16-27(23,24)5/h7,11-12,19-21,23-24,28H,6,8-10,13-17H2,1-5H3/t19-,20?,21+,23-,24-,26+,27-/m1/s1. The maximum absolute atomic E-state index is 10.2. The minimum atomic E-state index is -0.0495. The summed E-state index contributed by atoms with van der Waals surface area (Å²) in [6.07, 6.45) is 18.6. The highest BCUT2D eigenvalue weighted by atomic mass is 16.3. The van der Waals surface area contributed by atoms with Crippen molar-refractivity contribution in [3.63, 3.8) is 0 Å². The Kier molecular flexibility index (Phi) is 5.45. The van der Waals surface area contributed by atoms with Gasteiger partial charge in [-0.3, -0.25) is 0 Å². The number of fused-ring (bicyclic) bond motifs is 4. The largest absolute Gasteiger partial charge is 0.393 e. The molecule has 0 amide bonds. The number of allylic oxidation sites excluding steroid dienone is 6. The Bertz CT molecular complexity index is 693. The van der Waals surface area contributed by atoms with E-state index in [2.05, 4.69) is 52.8 Å². The Balaban J connectivity index is 1.56. The van der Waals surface area contributed by atoms with Gasteiger partial charge in [0.25, 0.3) is 0 Å². The van der Waals surface area contributed by atoms with Gasteiger partial charge >= 0.3 is 0 Å². The summed E-state index contributed by atoms with van der Waals surface area (Å²) in [5.74, 6) is 2.89. The van der Waals surface area contributed by atoms with Gasteiger partial charge in [0.15, 0.2) is 0 Å². The van der Waals surface area contributed by atoms with Crippen LogP contribution in [0.4, 0.5) is 0 Å². The average molecular weight is 383 g/mol. The van der Waals surface area contributed by atoms with Gasteiger partial charge in [0.2, 0.25) is 0 Å². The molecule has 4 aliphatic carbocycles. The highest BCUT2D eigenvalue weighted by molar-refractivity contribution is 5.38. The molecule has 0 aromatic rings. The van der Waals surface area contributed by atoms with E-state index in [1.165, 1.54) is 50.5 Å². The second kappa shape index (κ2) is 7.46. The lowest BCUT2D eigenvalue weighted by Gasteiger charge is -2.55. The topological polar surface area (TPSA) is 20.2 Å². The molecule has 1 N–H and O–H groups in total. The van der Waals surface area contributed by atoms with Crippen LogP contribution in [0, 0.1) is 34.5 Å². The molecule has 28 heavy (non-hydrogen) atoms. The predicted molar refractivity (Wildman–Crippen MR) is 119 cm³/mol. The molecule has 1 heteroatoms. The monoisotopic (exact) mass is 382 g/mol. The van der Waals surface area contributed by atoms with Crippen LogP contribution in [0.25, 0.3) is 0 Å². The maximum atomic E-state index is 10.2. The first-order chi connectivity index (χ1) is 13.3. The Morgan fingerprint density at radius 1 is 1.18 bits per heavy atom. The van der Waals surface area contributed by atoms with E-state index in [9.17, 15) is 5.11 Å². The van der Waals surface area contributed by atoms with Crippen LogP contribution >= 0.6 is 0 Å². The first-order valence-electron chi connectivity index (χ1n) is 12.0. The fourth-order valence-electron chi connectivity index (χ4n) is 7.61. The zero-order valence-corrected chi connectivity index (χ0v) is 18.9. The fourth-order valence-corrected chi connectivity index (χ4v) is 7.61. The van der Waals surface area contributed by atoms with E-state index >= 15 is 0 Å². The van der Waals surface area contributed by atoms with Crippen molar-refractivity contribution in [3.8, 4) is 0 Å². The minimum absolute atomic E-state index is 0.0495. The summed E-state index contributed by atoms with van der Waals surface area (Å²) in [6, 6.07) is 0. The van der Waals surface area contributed by atoms with Crippen molar-refractivity contribution < 1.29 is 5.11 Å². The molecule has 1 unspecified atom stereocenters. The third kappa shape index (κ3) is 3.26. The lowest BCUT2D eigenvalue weighted by Crippen LogP contribution is -2.45. The molecule has 4 rings (SSSR count). The second-order valence-corrected chi connectivity index (χ2v) is 11.3. The van der Waals surface area contributed by atoms with E-state index in [1.807, 2.05) is 11.1 Å². The number of hydrogen-bond donors (Lipinski definition) is 1. The highest BCUT2D eigenvalue weighted by Crippen LogP contribution is 2.64. The van der Waals surface area contributed by atoms with E-state index in [-0.39, 0.29) is 6.10 Å². The Morgan fingerprint density at radius 2 is 1.96 bits per heavy atom. The molecule has 4 aliphatic rings. The van der Waals surface area contributed by atoms with Crippen LogP contribution in [-0.4, -0.2) is 11.2 Å². The summed E-state index contributed by atoms with van der Waals surface area (Å²) < 4.78 is 0. The molecule has 0 bridgehead atoms. The molecule has 156 valence electrons. The SMILES string of the molecule is CC(C)=CCC[C@@H](C)[C@H]1C=C[C@@H]2C3=C(CC[C@@]21C)[C@@]1(C)CC[C@H](O)CC1CC3. The van der Waals surface area contributed by atoms with Crippen molar-refractivity contribution in [1.29, 1.82) is 0 Å². The molecule has 0 heterocycles. The summed E-state index contributed by atoms with van der Waals surface area (Å²) in [5.41, 5.74) is 5.89. The van der Waals surface area contributed by atoms with Gasteiger partial charge in [-0.25, -0.2) is 0 Å². The lowest BCUT2D eigenvalue weighted by atomic mass is 9.50. The second-order valence-electron chi connectivity index (χ2n) is 11.3. The third-order valence-corrected chi connectivity index (χ3v) is 9.35. The van der Waals surface area contributed by atoms with Crippen LogP contribution in [-0.2, 0) is 0 Å². The van der Waals surface area contributed by atoms with Crippen LogP contribution in [0.2, 0.25) is 0 Å². The predicted octanol–water partition coefficient (Wildman–Crippen LogP) is 7.23. The molecule has 1 fully saturated rings. The molecule has 0 spiro atoms. The molecule has 0 aliphatic heterocycles. The maximum Gasteiger partial charge on any atom is 0.0543 e. The molecule has 1 nitrogen and oxygen atoms in total. The zero-order chi connectivity index (χ0) is 20.1. The van der Waals surface area contributed by atoms with E-state index < -0.39 is 0 Å². The highest BCUT2D eigenvalue weighted by Gasteiger charge is 2.54. The summed E-state index contributed by atoms with van der Waals surface area (Å²) in [6.45, 7) is 12.1. The van der Waals surface area contributed by atoms with Gasteiger partial charge in [0, 0.05) is 5.92 Å². The average Bonchev–Trinajstić information content (AvgIpc) is 2.99. The number of rotatable bonds is 4. The summed E-state index contributed by atoms with van der Waals surface area (Å²) >= 11 is 0. The Morgan fingerprint density at radius 3 is 2.71 bits per heavy atom. The number of hydrogen-bond acceptors (Lipinski definition) is 1. The normalized spacial score (nSPS) is 43.2. The molecule has 1 saturated carbocycles. The van der Waals surface area contributed by atoms with Gasteiger partial charge in [0.1, 0.15) is 0 Å². The van der Waals surface area contributed by atoms with Gasteiger partial charge in [-0.1, -0.05) is 55.7 Å². The summed E-state index contributed by atoms with van der Waals surface area (Å²) in [5, 5.41) is 10.2. The van der Waals surface area contributed by atoms with E-state index in [0.717, 1.165) is 24.7 Å². The Labute approximate surface area is 173 Å². The molecule has 0 saturated heterocycles. The van der Waals surface area contributed by atoms with Crippen molar-refractivity contribution >= 4 is 0 Å². The first kappa shape index (κ1) is 20.5. The quantitative estimate of drug-likeness (QED) is 0.508. The summed E-state index contributed by atoms with van der Waals surface area (Å²) in [4.78, 5) is 0. The van der Waals surface area contributed by atoms with Crippen LogP contribution in [0.3, 0.4) is 0 Å². The van der Waals surface area contributed by atoms with Crippen molar-refractivity contribution in [2.45, 2.75) is 98.5 Å². The van der Waals surface area contributed by atoms with Crippen molar-refractivity contribution in [1.82, 2.24) is 0 Å². The molecule has 7 atom stereocenters. The van der Waals surface area contributed by atoms with Crippen molar-refractivity contribution in [2.24, 2.45) is 34.5 Å². The summed E-state index contributed by atoms with van der Waals surface area (Å²) in [7, 11) is 0. The van der Waals surface area contributed by atoms with Gasteiger partial charge in [-0.2, -0.15) is 0 Å². The van der Waals surface area contributed by atoms with E-state index in [1.54, 1.807) is 0 Å². The van der Waals surface area contributed by atoms with E-state index in [4.69, 9.17) is 0 Å². The van der Waals surface area contributed by atoms with E-state index in [0.29, 0.717) is 22.7 Å². The Hall–Kier alpha value is -0.820. The van der Waals surface area contributed by atoms with Crippen LogP contribution < -0.4 is 0 Å². The smallest absolute Gasteiger partial charge is 0.0543 e. The number of aliphatic hydroxyl groups excluding tert-OH is 1. The van der Waals surface area contributed by atoms with Crippen molar-refractivity contribution in [2.75, 3.05) is 0 Å². The van der Waals surface area contributed by atoms with Crippen LogP contribution in [0.1, 0.15) is 92.4 Å². The molecule has 0 radical (unpaired) electrons. The van der Waals surface area contributed by atoms with Crippen LogP contribution in [0.5, 0.6) is 0 Å². The fraction of sp³-hybridized carbons (Fsp3) is 0.778. The van der Waals surface area contributed by atoms with Gasteiger partial charge in [-0.15, -0.1) is 0 Å². The zero-order valence-electron chi connectivity index (χ0n) is 18.9. The molecule has 0 aromatic carbocycles. The molecular weight excluding hydrogens is 340 g/mol. The van der Waals surface area contributed by atoms with Gasteiger partial charge in [-0.05, 0) is 100 Å². The van der Waals surface area contributed by atoms with Crippen molar-refractivity contribution in [3.05, 3.63) is 34.9 Å². The first-order valence-corrected chi connectivity index (χ1v) is 12.0. The number of aliphatic hydroxyl groups is 1. The molecular formula is C27H42O. The minimum Gasteiger partial charge on any atom is -0.393 e. The molecule has 0 aromatic heterocycles. The lowest BCUT2D eigenvalue weighted by molar-refractivity contribution is 0.0151.